The molecule has 1 amide bonds. The van der Waals surface area contributed by atoms with E-state index in [9.17, 15) is 4.79 Å². The summed E-state index contributed by atoms with van der Waals surface area (Å²) in [5.74, 6) is 1.09. The fraction of sp³-hybridized carbons (Fsp3) is 0.588. The van der Waals surface area contributed by atoms with Crippen molar-refractivity contribution in [2.24, 2.45) is 5.41 Å². The van der Waals surface area contributed by atoms with Crippen molar-refractivity contribution in [3.05, 3.63) is 24.3 Å². The second-order valence-electron chi connectivity index (χ2n) is 6.07. The molecule has 0 aliphatic carbocycles. The number of amides is 1. The number of nitrogens with zero attached hydrogens (tertiary/aromatic N) is 1. The van der Waals surface area contributed by atoms with Crippen LogP contribution in [0.2, 0.25) is 0 Å². The molecule has 2 atom stereocenters. The first-order valence-electron chi connectivity index (χ1n) is 7.59. The van der Waals surface area contributed by atoms with E-state index >= 15 is 0 Å². The van der Waals surface area contributed by atoms with E-state index < -0.39 is 0 Å². The maximum absolute atomic E-state index is 12.9. The van der Waals surface area contributed by atoms with Crippen LogP contribution in [0.15, 0.2) is 24.3 Å². The number of alkyl halides is 1. The van der Waals surface area contributed by atoms with Gasteiger partial charge >= 0.3 is 0 Å². The summed E-state index contributed by atoms with van der Waals surface area (Å²) in [5, 5.41) is 0. The molecule has 0 aromatic heterocycles. The molecule has 2 rings (SSSR count). The molecule has 4 heteroatoms. The molecule has 0 spiro atoms. The van der Waals surface area contributed by atoms with E-state index in [0.717, 1.165) is 28.7 Å². The van der Waals surface area contributed by atoms with E-state index in [2.05, 4.69) is 36.4 Å². The fourth-order valence-corrected chi connectivity index (χ4v) is 3.65. The summed E-state index contributed by atoms with van der Waals surface area (Å²) in [6.07, 6.45) is 4.38. The highest BCUT2D eigenvalue weighted by Crippen LogP contribution is 2.42. The van der Waals surface area contributed by atoms with Gasteiger partial charge < -0.3 is 9.64 Å². The Morgan fingerprint density at radius 1 is 1.38 bits per heavy atom. The number of hydrogen-bond donors (Lipinski definition) is 0. The molecular formula is C17H24INO2. The Balaban J connectivity index is 2.28. The quantitative estimate of drug-likeness (QED) is 0.521. The zero-order valence-corrected chi connectivity index (χ0v) is 15.2. The van der Waals surface area contributed by atoms with Crippen molar-refractivity contribution in [2.75, 3.05) is 16.4 Å². The van der Waals surface area contributed by atoms with E-state index in [4.69, 9.17) is 4.74 Å². The molecule has 1 aliphatic heterocycles. The molecule has 0 saturated carbocycles. The third kappa shape index (κ3) is 3.35. The minimum Gasteiger partial charge on any atom is -0.497 e. The van der Waals surface area contributed by atoms with Crippen LogP contribution in [0.1, 0.15) is 39.5 Å². The Hall–Kier alpha value is -0.780. The lowest BCUT2D eigenvalue weighted by Gasteiger charge is -2.25. The average molecular weight is 401 g/mol. The predicted molar refractivity (Wildman–Crippen MR) is 95.4 cm³/mol. The highest BCUT2D eigenvalue weighted by molar-refractivity contribution is 14.1. The molecule has 1 fully saturated rings. The van der Waals surface area contributed by atoms with Gasteiger partial charge in [-0.05, 0) is 44.0 Å². The van der Waals surface area contributed by atoms with Gasteiger partial charge in [0.15, 0.2) is 0 Å². The zero-order valence-electron chi connectivity index (χ0n) is 13.1. The van der Waals surface area contributed by atoms with E-state index in [-0.39, 0.29) is 11.3 Å². The summed E-state index contributed by atoms with van der Waals surface area (Å²) in [7, 11) is 1.66. The molecule has 116 valence electrons. The fourth-order valence-electron chi connectivity index (χ4n) is 3.01. The molecule has 0 unspecified atom stereocenters. The number of benzene rings is 1. The Morgan fingerprint density at radius 2 is 2.05 bits per heavy atom. The number of halogens is 1. The molecule has 0 radical (unpaired) electrons. The third-order valence-electron chi connectivity index (χ3n) is 4.32. The molecule has 1 aliphatic rings. The van der Waals surface area contributed by atoms with E-state index in [1.165, 1.54) is 12.8 Å². The molecule has 21 heavy (non-hydrogen) atoms. The Bertz CT molecular complexity index is 488. The highest BCUT2D eigenvalue weighted by atomic mass is 127. The Labute approximate surface area is 141 Å². The van der Waals surface area contributed by atoms with E-state index in [1.54, 1.807) is 7.11 Å². The smallest absolute Gasteiger partial charge is 0.234 e. The Morgan fingerprint density at radius 3 is 2.57 bits per heavy atom. The topological polar surface area (TPSA) is 29.5 Å². The van der Waals surface area contributed by atoms with Gasteiger partial charge in [0.25, 0.3) is 0 Å². The summed E-state index contributed by atoms with van der Waals surface area (Å²) in [6.45, 7) is 4.30. The summed E-state index contributed by atoms with van der Waals surface area (Å²) < 4.78 is 6.08. The average Bonchev–Trinajstić information content (AvgIpc) is 2.77. The van der Waals surface area contributed by atoms with Crippen LogP contribution >= 0.6 is 22.6 Å². The number of methoxy groups -OCH3 is 1. The maximum atomic E-state index is 12.9. The SMILES string of the molecule is CCCC[C@H]1C[C@](C)(CI)C(=O)N1c1ccc(OC)cc1. The van der Waals surface area contributed by atoms with Crippen molar-refractivity contribution in [3.63, 3.8) is 0 Å². The van der Waals surface area contributed by atoms with Gasteiger partial charge in [-0.1, -0.05) is 42.4 Å². The lowest BCUT2D eigenvalue weighted by molar-refractivity contribution is -0.123. The number of ether oxygens (including phenoxy) is 1. The predicted octanol–water partition coefficient (Wildman–Crippen LogP) is 4.43. The molecule has 1 aromatic carbocycles. The van der Waals surface area contributed by atoms with Crippen LogP contribution in [0.3, 0.4) is 0 Å². The van der Waals surface area contributed by atoms with E-state index in [1.807, 2.05) is 29.2 Å². The lowest BCUT2D eigenvalue weighted by atomic mass is 9.89. The van der Waals surface area contributed by atoms with E-state index in [0.29, 0.717) is 6.04 Å². The minimum atomic E-state index is -0.223. The van der Waals surface area contributed by atoms with Crippen LogP contribution in [-0.4, -0.2) is 23.5 Å². The lowest BCUT2D eigenvalue weighted by Crippen LogP contribution is -2.36. The minimum absolute atomic E-state index is 0.223. The molecule has 1 saturated heterocycles. The van der Waals surface area contributed by atoms with Crippen molar-refractivity contribution < 1.29 is 9.53 Å². The maximum Gasteiger partial charge on any atom is 0.234 e. The van der Waals surface area contributed by atoms with Crippen LogP contribution in [0, 0.1) is 5.41 Å². The van der Waals surface area contributed by atoms with Crippen LogP contribution in [0.25, 0.3) is 0 Å². The highest BCUT2D eigenvalue weighted by Gasteiger charge is 2.47. The number of hydrogen-bond acceptors (Lipinski definition) is 2. The normalized spacial score (nSPS) is 25.4. The van der Waals surface area contributed by atoms with Gasteiger partial charge in [-0.25, -0.2) is 0 Å². The van der Waals surface area contributed by atoms with Crippen molar-refractivity contribution in [1.29, 1.82) is 0 Å². The van der Waals surface area contributed by atoms with Crippen LogP contribution < -0.4 is 9.64 Å². The molecule has 0 bridgehead atoms. The van der Waals surface area contributed by atoms with Crippen LogP contribution in [0.5, 0.6) is 5.75 Å². The first-order valence-corrected chi connectivity index (χ1v) is 9.12. The van der Waals surface area contributed by atoms with Gasteiger partial charge in [-0.2, -0.15) is 0 Å². The van der Waals surface area contributed by atoms with Crippen molar-refractivity contribution in [3.8, 4) is 5.75 Å². The van der Waals surface area contributed by atoms with Gasteiger partial charge in [0.1, 0.15) is 5.75 Å². The third-order valence-corrected chi connectivity index (χ3v) is 6.01. The number of unbranched alkanes of at least 4 members (excludes halogenated alkanes) is 1. The zero-order chi connectivity index (χ0) is 15.5. The van der Waals surface area contributed by atoms with Crippen molar-refractivity contribution >= 4 is 34.2 Å². The standard InChI is InChI=1S/C17H24INO2/c1-4-5-6-14-11-17(2,12-18)16(20)19(14)13-7-9-15(21-3)10-8-13/h7-10,14H,4-6,11-12H2,1-3H3/t14-,17+/m0/s1. The first kappa shape index (κ1) is 16.6. The first-order chi connectivity index (χ1) is 10.1. The van der Waals surface area contributed by atoms with Crippen LogP contribution in [0.4, 0.5) is 5.69 Å². The second kappa shape index (κ2) is 6.99. The van der Waals surface area contributed by atoms with Crippen LogP contribution in [-0.2, 0) is 4.79 Å². The molecule has 1 aromatic rings. The van der Waals surface area contributed by atoms with Gasteiger partial charge in [-0.3, -0.25) is 4.79 Å². The van der Waals surface area contributed by atoms with Gasteiger partial charge in [-0.15, -0.1) is 0 Å². The molecule has 3 nitrogen and oxygen atoms in total. The largest absolute Gasteiger partial charge is 0.497 e. The van der Waals surface area contributed by atoms with Gasteiger partial charge in [0.05, 0.1) is 12.5 Å². The summed E-state index contributed by atoms with van der Waals surface area (Å²) in [5.41, 5.74) is 0.772. The number of rotatable bonds is 6. The summed E-state index contributed by atoms with van der Waals surface area (Å²) >= 11 is 2.34. The van der Waals surface area contributed by atoms with Gasteiger partial charge in [0.2, 0.25) is 5.91 Å². The number of carbonyl (C=O) groups excluding carboxylic acids is 1. The van der Waals surface area contributed by atoms with Gasteiger partial charge in [0, 0.05) is 16.2 Å². The van der Waals surface area contributed by atoms with Crippen molar-refractivity contribution in [1.82, 2.24) is 0 Å². The van der Waals surface area contributed by atoms with Crippen molar-refractivity contribution in [2.45, 2.75) is 45.6 Å². The molecular weight excluding hydrogens is 377 g/mol. The monoisotopic (exact) mass is 401 g/mol. The summed E-state index contributed by atoms with van der Waals surface area (Å²) in [4.78, 5) is 14.9. The number of carbonyl (C=O) groups is 1. The molecule has 1 heterocycles. The second-order valence-corrected chi connectivity index (χ2v) is 6.83. The summed E-state index contributed by atoms with van der Waals surface area (Å²) in [6, 6.07) is 8.17. The Kier molecular flexibility index (Phi) is 5.52. The number of anilines is 1. The molecule has 0 N–H and O–H groups in total.